The van der Waals surface area contributed by atoms with Crippen LogP contribution in [0.2, 0.25) is 0 Å². The molecule has 27 heavy (non-hydrogen) atoms. The summed E-state index contributed by atoms with van der Waals surface area (Å²) < 4.78 is 5.74. The molecule has 0 radical (unpaired) electrons. The average Bonchev–Trinajstić information content (AvgIpc) is 3.06. The van der Waals surface area contributed by atoms with Gasteiger partial charge >= 0.3 is 0 Å². The van der Waals surface area contributed by atoms with E-state index >= 15 is 0 Å². The quantitative estimate of drug-likeness (QED) is 0.534. The summed E-state index contributed by atoms with van der Waals surface area (Å²) in [5.74, 6) is 0.400. The average molecular weight is 361 g/mol. The van der Waals surface area contributed by atoms with Crippen molar-refractivity contribution in [2.24, 2.45) is 0 Å². The van der Waals surface area contributed by atoms with E-state index in [9.17, 15) is 9.59 Å². The van der Waals surface area contributed by atoms with Crippen molar-refractivity contribution in [3.8, 4) is 0 Å². The lowest BCUT2D eigenvalue weighted by atomic mass is 10.1. The summed E-state index contributed by atoms with van der Waals surface area (Å²) in [5.41, 5.74) is 3.49. The number of aryl methyl sites for hydroxylation is 2. The monoisotopic (exact) mass is 361 g/mol. The standard InChI is InChI=1S/C21H19N3O3/c1-13-8-9-17-18(11-13)27-20(24-17)7-4-10-22-21(26)15-12-19(25)23-16-6-3-2-5-14(15)16/h2-3,5-6,8-9,11-12H,4,7,10H2,1H3,(H,22,26)(H,23,25). The molecule has 0 saturated heterocycles. The van der Waals surface area contributed by atoms with Crippen LogP contribution in [0, 0.1) is 6.92 Å². The highest BCUT2D eigenvalue weighted by molar-refractivity contribution is 6.05. The van der Waals surface area contributed by atoms with Gasteiger partial charge in [-0.05, 0) is 37.1 Å². The van der Waals surface area contributed by atoms with E-state index in [0.29, 0.717) is 36.4 Å². The molecule has 0 bridgehead atoms. The maximum absolute atomic E-state index is 12.5. The molecule has 136 valence electrons. The normalized spacial score (nSPS) is 11.1. The van der Waals surface area contributed by atoms with Gasteiger partial charge in [-0.15, -0.1) is 0 Å². The van der Waals surface area contributed by atoms with Crippen molar-refractivity contribution in [1.29, 1.82) is 0 Å². The molecule has 0 aliphatic heterocycles. The Morgan fingerprint density at radius 3 is 2.93 bits per heavy atom. The lowest BCUT2D eigenvalue weighted by Crippen LogP contribution is -2.26. The van der Waals surface area contributed by atoms with Crippen molar-refractivity contribution in [2.45, 2.75) is 19.8 Å². The molecule has 4 aromatic rings. The molecule has 0 aliphatic rings. The topological polar surface area (TPSA) is 88.0 Å². The number of fused-ring (bicyclic) bond motifs is 2. The van der Waals surface area contributed by atoms with Crippen LogP contribution in [0.3, 0.4) is 0 Å². The first-order valence-electron chi connectivity index (χ1n) is 8.86. The molecule has 0 spiro atoms. The molecule has 1 amide bonds. The second-order valence-corrected chi connectivity index (χ2v) is 6.53. The third kappa shape index (κ3) is 3.60. The molecule has 0 atom stereocenters. The number of nitrogens with zero attached hydrogens (tertiary/aromatic N) is 1. The second kappa shape index (κ2) is 7.07. The van der Waals surface area contributed by atoms with Crippen LogP contribution in [0.1, 0.15) is 28.2 Å². The van der Waals surface area contributed by atoms with Crippen LogP contribution >= 0.6 is 0 Å². The molecule has 0 unspecified atom stereocenters. The highest BCUT2D eigenvalue weighted by atomic mass is 16.3. The van der Waals surface area contributed by atoms with E-state index in [4.69, 9.17) is 4.42 Å². The number of hydrogen-bond acceptors (Lipinski definition) is 4. The van der Waals surface area contributed by atoms with Gasteiger partial charge in [0.15, 0.2) is 11.5 Å². The van der Waals surface area contributed by atoms with E-state index in [0.717, 1.165) is 22.0 Å². The molecular formula is C21H19N3O3. The number of carbonyl (C=O) groups is 1. The maximum atomic E-state index is 12.5. The minimum Gasteiger partial charge on any atom is -0.441 e. The van der Waals surface area contributed by atoms with Crippen LogP contribution in [0.15, 0.2) is 57.7 Å². The van der Waals surface area contributed by atoms with Gasteiger partial charge in [0.2, 0.25) is 5.56 Å². The third-order valence-electron chi connectivity index (χ3n) is 4.44. The van der Waals surface area contributed by atoms with E-state index in [-0.39, 0.29) is 11.5 Å². The van der Waals surface area contributed by atoms with Gasteiger partial charge in [0.25, 0.3) is 5.91 Å². The highest BCUT2D eigenvalue weighted by Gasteiger charge is 2.11. The summed E-state index contributed by atoms with van der Waals surface area (Å²) in [6.07, 6.45) is 1.32. The fourth-order valence-electron chi connectivity index (χ4n) is 3.12. The SMILES string of the molecule is Cc1ccc2nc(CCCNC(=O)c3cc(=O)[nH]c4ccccc34)oc2c1. The number of benzene rings is 2. The van der Waals surface area contributed by atoms with Gasteiger partial charge in [0.05, 0.1) is 5.56 Å². The number of aromatic nitrogens is 2. The fraction of sp³-hybridized carbons (Fsp3) is 0.190. The van der Waals surface area contributed by atoms with Crippen molar-refractivity contribution in [3.05, 3.63) is 75.9 Å². The highest BCUT2D eigenvalue weighted by Crippen LogP contribution is 2.18. The van der Waals surface area contributed by atoms with Gasteiger partial charge in [-0.2, -0.15) is 0 Å². The molecule has 4 rings (SSSR count). The number of hydrogen-bond donors (Lipinski definition) is 2. The molecule has 6 nitrogen and oxygen atoms in total. The van der Waals surface area contributed by atoms with Crippen molar-refractivity contribution in [2.75, 3.05) is 6.54 Å². The summed E-state index contributed by atoms with van der Waals surface area (Å²) >= 11 is 0. The van der Waals surface area contributed by atoms with Crippen LogP contribution in [0.4, 0.5) is 0 Å². The Hall–Kier alpha value is -3.41. The van der Waals surface area contributed by atoms with Crippen molar-refractivity contribution < 1.29 is 9.21 Å². The van der Waals surface area contributed by atoms with Crippen LogP contribution in [0.25, 0.3) is 22.0 Å². The summed E-state index contributed by atoms with van der Waals surface area (Å²) in [7, 11) is 0. The predicted octanol–water partition coefficient (Wildman–Crippen LogP) is 3.34. The zero-order chi connectivity index (χ0) is 18.8. The zero-order valence-corrected chi connectivity index (χ0v) is 14.9. The summed E-state index contributed by atoms with van der Waals surface area (Å²) in [5, 5.41) is 3.60. The van der Waals surface area contributed by atoms with Crippen LogP contribution in [-0.2, 0) is 6.42 Å². The number of carbonyl (C=O) groups excluding carboxylic acids is 1. The molecule has 2 heterocycles. The van der Waals surface area contributed by atoms with Gasteiger partial charge in [-0.25, -0.2) is 4.98 Å². The van der Waals surface area contributed by atoms with Crippen molar-refractivity contribution >= 4 is 27.9 Å². The molecule has 0 saturated carbocycles. The maximum Gasteiger partial charge on any atom is 0.252 e. The molecule has 2 N–H and O–H groups in total. The lowest BCUT2D eigenvalue weighted by Gasteiger charge is -2.07. The number of pyridine rings is 1. The van der Waals surface area contributed by atoms with Gasteiger partial charge in [-0.1, -0.05) is 24.3 Å². The minimum atomic E-state index is -0.291. The Balaban J connectivity index is 1.40. The molecule has 0 fully saturated rings. The van der Waals surface area contributed by atoms with Crippen LogP contribution in [-0.4, -0.2) is 22.4 Å². The Morgan fingerprint density at radius 1 is 1.19 bits per heavy atom. The van der Waals surface area contributed by atoms with Crippen LogP contribution < -0.4 is 10.9 Å². The Bertz CT molecular complexity index is 1190. The Morgan fingerprint density at radius 2 is 2.04 bits per heavy atom. The first-order valence-corrected chi connectivity index (χ1v) is 8.86. The van der Waals surface area contributed by atoms with E-state index in [2.05, 4.69) is 15.3 Å². The van der Waals surface area contributed by atoms with Gasteiger partial charge in [0, 0.05) is 29.9 Å². The molecule has 0 aliphatic carbocycles. The number of oxazole rings is 1. The summed E-state index contributed by atoms with van der Waals surface area (Å²) in [4.78, 5) is 31.5. The predicted molar refractivity (Wildman–Crippen MR) is 104 cm³/mol. The van der Waals surface area contributed by atoms with E-state index in [1.165, 1.54) is 6.07 Å². The number of aromatic amines is 1. The zero-order valence-electron chi connectivity index (χ0n) is 14.9. The molecule has 6 heteroatoms. The number of amides is 1. The smallest absolute Gasteiger partial charge is 0.252 e. The Labute approximate surface area is 155 Å². The number of H-pyrrole nitrogens is 1. The van der Waals surface area contributed by atoms with Gasteiger partial charge in [0.1, 0.15) is 5.52 Å². The van der Waals surface area contributed by atoms with Crippen molar-refractivity contribution in [1.82, 2.24) is 15.3 Å². The third-order valence-corrected chi connectivity index (χ3v) is 4.44. The van der Waals surface area contributed by atoms with Gasteiger partial charge in [-0.3, -0.25) is 9.59 Å². The Kier molecular flexibility index (Phi) is 4.46. The number of nitrogens with one attached hydrogen (secondary N) is 2. The van der Waals surface area contributed by atoms with Crippen molar-refractivity contribution in [3.63, 3.8) is 0 Å². The number of rotatable bonds is 5. The minimum absolute atomic E-state index is 0.259. The molecule has 2 aromatic carbocycles. The van der Waals surface area contributed by atoms with E-state index < -0.39 is 0 Å². The van der Waals surface area contributed by atoms with E-state index in [1.807, 2.05) is 43.3 Å². The van der Waals surface area contributed by atoms with E-state index in [1.54, 1.807) is 6.07 Å². The number of para-hydroxylation sites is 1. The summed E-state index contributed by atoms with van der Waals surface area (Å²) in [6, 6.07) is 14.5. The lowest BCUT2D eigenvalue weighted by molar-refractivity contribution is 0.0954. The first kappa shape index (κ1) is 17.0. The molecular weight excluding hydrogens is 342 g/mol. The summed E-state index contributed by atoms with van der Waals surface area (Å²) in [6.45, 7) is 2.48. The van der Waals surface area contributed by atoms with Crippen LogP contribution in [0.5, 0.6) is 0 Å². The second-order valence-electron chi connectivity index (χ2n) is 6.53. The molecule has 2 aromatic heterocycles. The van der Waals surface area contributed by atoms with Gasteiger partial charge < -0.3 is 14.7 Å². The first-order chi connectivity index (χ1) is 13.1. The largest absolute Gasteiger partial charge is 0.441 e. The fourth-order valence-corrected chi connectivity index (χ4v) is 3.12.